The van der Waals surface area contributed by atoms with Crippen molar-refractivity contribution in [2.24, 2.45) is 0 Å². The monoisotopic (exact) mass is 390 g/mol. The zero-order valence-electron chi connectivity index (χ0n) is 16.4. The van der Waals surface area contributed by atoms with Crippen molar-refractivity contribution < 1.29 is 14.3 Å². The molecule has 1 aliphatic carbocycles. The third-order valence-corrected chi connectivity index (χ3v) is 4.74. The maximum absolute atomic E-state index is 12.6. The molecule has 2 N–H and O–H groups in total. The number of nitrogens with one attached hydrogen (secondary N) is 2. The lowest BCUT2D eigenvalue weighted by Gasteiger charge is -2.19. The second-order valence-corrected chi connectivity index (χ2v) is 6.71. The van der Waals surface area contributed by atoms with Crippen LogP contribution in [0.25, 0.3) is 0 Å². The molecule has 0 atom stereocenters. The molecule has 148 valence electrons. The number of hydrogen-bond acceptors (Lipinski definition) is 7. The molecule has 1 heterocycles. The fourth-order valence-corrected chi connectivity index (χ4v) is 3.34. The molecular formula is C22H22N4O3. The number of fused-ring (bicyclic) bond motifs is 1. The van der Waals surface area contributed by atoms with Gasteiger partial charge in [0.15, 0.2) is 5.78 Å². The molecule has 1 aromatic heterocycles. The second-order valence-electron chi connectivity index (χ2n) is 6.71. The quantitative estimate of drug-likeness (QED) is 0.641. The van der Waals surface area contributed by atoms with Gasteiger partial charge >= 0.3 is 0 Å². The van der Waals surface area contributed by atoms with Gasteiger partial charge in [0.05, 0.1) is 25.5 Å². The molecule has 0 bridgehead atoms. The van der Waals surface area contributed by atoms with E-state index >= 15 is 0 Å². The molecular weight excluding hydrogens is 368 g/mol. The zero-order valence-corrected chi connectivity index (χ0v) is 16.4. The van der Waals surface area contributed by atoms with Crippen LogP contribution < -0.4 is 20.1 Å². The second kappa shape index (κ2) is 8.18. The van der Waals surface area contributed by atoms with E-state index in [9.17, 15) is 4.79 Å². The van der Waals surface area contributed by atoms with E-state index < -0.39 is 0 Å². The molecule has 0 unspecified atom stereocenters. The summed E-state index contributed by atoms with van der Waals surface area (Å²) in [6.45, 7) is 0. The van der Waals surface area contributed by atoms with E-state index in [1.807, 2.05) is 48.5 Å². The number of Topliss-reactive ketones (excluding diaryl/α,β-unsaturated/α-hetero) is 1. The van der Waals surface area contributed by atoms with Gasteiger partial charge in [0.2, 0.25) is 5.95 Å². The van der Waals surface area contributed by atoms with Crippen LogP contribution in [-0.2, 0) is 6.42 Å². The van der Waals surface area contributed by atoms with Crippen molar-refractivity contribution in [1.82, 2.24) is 9.97 Å². The van der Waals surface area contributed by atoms with Gasteiger partial charge in [0.25, 0.3) is 0 Å². The largest absolute Gasteiger partial charge is 0.497 e. The van der Waals surface area contributed by atoms with Crippen LogP contribution in [0.2, 0.25) is 0 Å². The first-order valence-electron chi connectivity index (χ1n) is 9.42. The van der Waals surface area contributed by atoms with Crippen LogP contribution in [0.1, 0.15) is 28.9 Å². The average molecular weight is 390 g/mol. The third kappa shape index (κ3) is 4.13. The molecule has 0 fully saturated rings. The van der Waals surface area contributed by atoms with E-state index in [-0.39, 0.29) is 5.78 Å². The van der Waals surface area contributed by atoms with Gasteiger partial charge in [-0.1, -0.05) is 12.1 Å². The Kier molecular flexibility index (Phi) is 5.29. The Balaban J connectivity index is 1.72. The lowest BCUT2D eigenvalue weighted by Crippen LogP contribution is -2.17. The van der Waals surface area contributed by atoms with Gasteiger partial charge < -0.3 is 20.1 Å². The minimum atomic E-state index is 0.0598. The van der Waals surface area contributed by atoms with E-state index in [2.05, 4.69) is 20.6 Å². The summed E-state index contributed by atoms with van der Waals surface area (Å²) in [7, 11) is 3.24. The molecule has 0 aliphatic heterocycles. The molecule has 4 rings (SSSR count). The van der Waals surface area contributed by atoms with Crippen molar-refractivity contribution in [1.29, 1.82) is 0 Å². The van der Waals surface area contributed by atoms with Crippen LogP contribution >= 0.6 is 0 Å². The van der Waals surface area contributed by atoms with Crippen LogP contribution in [-0.4, -0.2) is 30.0 Å². The van der Waals surface area contributed by atoms with Crippen LogP contribution in [0.5, 0.6) is 11.5 Å². The van der Waals surface area contributed by atoms with Crippen LogP contribution in [0, 0.1) is 0 Å². The Bertz CT molecular complexity index is 1050. The SMILES string of the molecule is COc1cccc(Nc2nc3c(c(Nc4cccc(OC)c4)n2)C(=O)CCC3)c1. The Morgan fingerprint density at radius 1 is 0.862 bits per heavy atom. The summed E-state index contributed by atoms with van der Waals surface area (Å²) in [5, 5.41) is 6.48. The predicted molar refractivity (Wildman–Crippen MR) is 112 cm³/mol. The van der Waals surface area contributed by atoms with Crippen molar-refractivity contribution in [3.05, 3.63) is 59.8 Å². The lowest BCUT2D eigenvalue weighted by atomic mass is 9.95. The average Bonchev–Trinajstić information content (AvgIpc) is 2.74. The van der Waals surface area contributed by atoms with Gasteiger partial charge in [0, 0.05) is 29.9 Å². The minimum absolute atomic E-state index is 0.0598. The van der Waals surface area contributed by atoms with E-state index in [1.165, 1.54) is 0 Å². The first-order valence-corrected chi connectivity index (χ1v) is 9.42. The van der Waals surface area contributed by atoms with Gasteiger partial charge in [-0.3, -0.25) is 4.79 Å². The summed E-state index contributed by atoms with van der Waals surface area (Å²) in [5.41, 5.74) is 2.91. The van der Waals surface area contributed by atoms with Crippen molar-refractivity contribution >= 4 is 28.9 Å². The Labute approximate surface area is 169 Å². The summed E-state index contributed by atoms with van der Waals surface area (Å²) in [4.78, 5) is 21.8. The molecule has 0 saturated carbocycles. The number of carbonyl (C=O) groups is 1. The summed E-state index contributed by atoms with van der Waals surface area (Å²) < 4.78 is 10.6. The van der Waals surface area contributed by atoms with Gasteiger partial charge in [-0.05, 0) is 37.1 Å². The number of hydrogen-bond donors (Lipinski definition) is 2. The van der Waals surface area contributed by atoms with Crippen molar-refractivity contribution in [3.63, 3.8) is 0 Å². The highest BCUT2D eigenvalue weighted by Gasteiger charge is 2.25. The lowest BCUT2D eigenvalue weighted by molar-refractivity contribution is 0.0972. The normalized spacial score (nSPS) is 12.8. The third-order valence-electron chi connectivity index (χ3n) is 4.74. The fraction of sp³-hybridized carbons (Fsp3) is 0.227. The molecule has 1 aliphatic rings. The van der Waals surface area contributed by atoms with Crippen LogP contribution in [0.4, 0.5) is 23.1 Å². The predicted octanol–water partition coefficient (Wildman–Crippen LogP) is 4.50. The zero-order chi connectivity index (χ0) is 20.2. The Morgan fingerprint density at radius 2 is 1.52 bits per heavy atom. The number of carbonyl (C=O) groups excluding carboxylic acids is 1. The summed E-state index contributed by atoms with van der Waals surface area (Å²) in [6, 6.07) is 15.0. The molecule has 0 saturated heterocycles. The number of aromatic nitrogens is 2. The Hall–Kier alpha value is -3.61. The highest BCUT2D eigenvalue weighted by atomic mass is 16.5. The van der Waals surface area contributed by atoms with Gasteiger partial charge in [-0.2, -0.15) is 4.98 Å². The number of aryl methyl sites for hydroxylation is 1. The first kappa shape index (κ1) is 18.7. The van der Waals surface area contributed by atoms with Gasteiger partial charge in [-0.25, -0.2) is 4.98 Å². The summed E-state index contributed by atoms with van der Waals surface area (Å²) >= 11 is 0. The highest BCUT2D eigenvalue weighted by Crippen LogP contribution is 2.31. The van der Waals surface area contributed by atoms with E-state index in [4.69, 9.17) is 9.47 Å². The minimum Gasteiger partial charge on any atom is -0.497 e. The fourth-order valence-electron chi connectivity index (χ4n) is 3.34. The molecule has 2 aromatic carbocycles. The van der Waals surface area contributed by atoms with Gasteiger partial charge in [-0.15, -0.1) is 0 Å². The van der Waals surface area contributed by atoms with Gasteiger partial charge in [0.1, 0.15) is 17.3 Å². The topological polar surface area (TPSA) is 85.4 Å². The highest BCUT2D eigenvalue weighted by molar-refractivity contribution is 6.03. The summed E-state index contributed by atoms with van der Waals surface area (Å²) in [6.07, 6.45) is 2.04. The number of anilines is 4. The maximum Gasteiger partial charge on any atom is 0.229 e. The van der Waals surface area contributed by atoms with E-state index in [1.54, 1.807) is 14.2 Å². The number of methoxy groups -OCH3 is 2. The molecule has 0 radical (unpaired) electrons. The first-order chi connectivity index (χ1) is 14.2. The number of rotatable bonds is 6. The van der Waals surface area contributed by atoms with Crippen LogP contribution in [0.15, 0.2) is 48.5 Å². The standard InChI is InChI=1S/C22H22N4O3/c1-28-16-8-3-6-14(12-16)23-21-20-18(10-5-11-19(20)27)25-22(26-21)24-15-7-4-9-17(13-15)29-2/h3-4,6-9,12-13H,5,10-11H2,1-2H3,(H2,23,24,25,26). The number of ketones is 1. The number of ether oxygens (including phenoxy) is 2. The number of nitrogens with zero attached hydrogens (tertiary/aromatic N) is 2. The van der Waals surface area contributed by atoms with Crippen molar-refractivity contribution in [2.75, 3.05) is 24.9 Å². The van der Waals surface area contributed by atoms with Crippen molar-refractivity contribution in [3.8, 4) is 11.5 Å². The van der Waals surface area contributed by atoms with Crippen molar-refractivity contribution in [2.45, 2.75) is 19.3 Å². The Morgan fingerprint density at radius 3 is 2.17 bits per heavy atom. The molecule has 7 heteroatoms. The smallest absolute Gasteiger partial charge is 0.229 e. The van der Waals surface area contributed by atoms with Crippen LogP contribution in [0.3, 0.4) is 0 Å². The van der Waals surface area contributed by atoms with E-state index in [0.717, 1.165) is 41.4 Å². The van der Waals surface area contributed by atoms with E-state index in [0.29, 0.717) is 23.8 Å². The molecule has 3 aromatic rings. The number of benzene rings is 2. The molecule has 0 spiro atoms. The molecule has 0 amide bonds. The maximum atomic E-state index is 12.6. The summed E-state index contributed by atoms with van der Waals surface area (Å²) in [5.74, 6) is 2.44. The molecule has 7 nitrogen and oxygen atoms in total. The molecule has 29 heavy (non-hydrogen) atoms.